The fourth-order valence-corrected chi connectivity index (χ4v) is 3.96. The van der Waals surface area contributed by atoms with Gasteiger partial charge in [0.25, 0.3) is 0 Å². The van der Waals surface area contributed by atoms with Crippen LogP contribution in [-0.4, -0.2) is 9.38 Å². The molecule has 0 aliphatic rings. The minimum Gasteiger partial charge on any atom is -0.303 e. The Morgan fingerprint density at radius 2 is 1.35 bits per heavy atom. The fourth-order valence-electron chi connectivity index (χ4n) is 3.96. The van der Waals surface area contributed by atoms with Gasteiger partial charge < -0.3 is 4.40 Å². The molecule has 0 N–H and O–H groups in total. The number of benzene rings is 2. The van der Waals surface area contributed by atoms with Crippen molar-refractivity contribution in [3.63, 3.8) is 0 Å². The second-order valence-electron chi connectivity index (χ2n) is 7.25. The molecular formula is C24H24N2. The summed E-state index contributed by atoms with van der Waals surface area (Å²) in [7, 11) is 0. The van der Waals surface area contributed by atoms with Crippen LogP contribution in [0, 0.1) is 34.6 Å². The molecule has 2 nitrogen and oxygen atoms in total. The summed E-state index contributed by atoms with van der Waals surface area (Å²) in [5, 5.41) is 0. The van der Waals surface area contributed by atoms with Crippen molar-refractivity contribution in [2.75, 3.05) is 0 Å². The molecule has 0 bridgehead atoms. The maximum absolute atomic E-state index is 5.09. The zero-order chi connectivity index (χ0) is 18.4. The molecule has 0 aliphatic heterocycles. The van der Waals surface area contributed by atoms with Gasteiger partial charge in [-0.1, -0.05) is 42.5 Å². The van der Waals surface area contributed by atoms with Crippen molar-refractivity contribution in [1.82, 2.24) is 9.38 Å². The van der Waals surface area contributed by atoms with E-state index < -0.39 is 0 Å². The van der Waals surface area contributed by atoms with Crippen LogP contribution in [0.4, 0.5) is 0 Å². The molecule has 4 rings (SSSR count). The standard InChI is InChI=1S/C24H24N2/c1-15-9-6-7-12-20(15)21-14-26-19(5)13-18(4)23(24(26)25-21)22-16(2)10-8-11-17(22)3/h6-14H,1-5H3. The lowest BCUT2D eigenvalue weighted by Crippen LogP contribution is -1.98. The first-order chi connectivity index (χ1) is 12.5. The highest BCUT2D eigenvalue weighted by molar-refractivity contribution is 5.86. The van der Waals surface area contributed by atoms with Crippen LogP contribution in [0.25, 0.3) is 28.0 Å². The first-order valence-corrected chi connectivity index (χ1v) is 9.09. The molecule has 2 heteroatoms. The van der Waals surface area contributed by atoms with Crippen molar-refractivity contribution < 1.29 is 0 Å². The number of aromatic nitrogens is 2. The summed E-state index contributed by atoms with van der Waals surface area (Å²) in [6.07, 6.45) is 2.17. The van der Waals surface area contributed by atoms with Crippen molar-refractivity contribution in [3.8, 4) is 22.4 Å². The lowest BCUT2D eigenvalue weighted by molar-refractivity contribution is 1.08. The predicted molar refractivity (Wildman–Crippen MR) is 110 cm³/mol. The molecule has 2 heterocycles. The van der Waals surface area contributed by atoms with Gasteiger partial charge in [-0.3, -0.25) is 0 Å². The predicted octanol–water partition coefficient (Wildman–Crippen LogP) is 6.21. The number of hydrogen-bond acceptors (Lipinski definition) is 1. The van der Waals surface area contributed by atoms with E-state index in [1.54, 1.807) is 0 Å². The van der Waals surface area contributed by atoms with Crippen LogP contribution in [0.1, 0.15) is 27.9 Å². The lowest BCUT2D eigenvalue weighted by atomic mass is 9.93. The van der Waals surface area contributed by atoms with Crippen LogP contribution in [-0.2, 0) is 0 Å². The largest absolute Gasteiger partial charge is 0.303 e. The normalized spacial score (nSPS) is 11.3. The number of rotatable bonds is 2. The average molecular weight is 340 g/mol. The molecule has 0 aliphatic carbocycles. The van der Waals surface area contributed by atoms with Crippen LogP contribution in [0.5, 0.6) is 0 Å². The molecule has 0 saturated carbocycles. The Morgan fingerprint density at radius 3 is 2.04 bits per heavy atom. The van der Waals surface area contributed by atoms with Gasteiger partial charge in [0.1, 0.15) is 5.65 Å². The molecular weight excluding hydrogens is 316 g/mol. The van der Waals surface area contributed by atoms with Crippen LogP contribution < -0.4 is 0 Å². The summed E-state index contributed by atoms with van der Waals surface area (Å²) in [5.74, 6) is 0. The molecule has 26 heavy (non-hydrogen) atoms. The third-order valence-corrected chi connectivity index (χ3v) is 5.28. The summed E-state index contributed by atoms with van der Waals surface area (Å²) in [6.45, 7) is 10.9. The smallest absolute Gasteiger partial charge is 0.145 e. The molecule has 0 spiro atoms. The molecule has 2 aromatic carbocycles. The molecule has 0 atom stereocenters. The van der Waals surface area contributed by atoms with E-state index in [2.05, 4.69) is 93.7 Å². The number of hydrogen-bond donors (Lipinski definition) is 0. The fraction of sp³-hybridized carbons (Fsp3) is 0.208. The van der Waals surface area contributed by atoms with Crippen LogP contribution >= 0.6 is 0 Å². The number of pyridine rings is 1. The van der Waals surface area contributed by atoms with Crippen LogP contribution in [0.2, 0.25) is 0 Å². The maximum Gasteiger partial charge on any atom is 0.145 e. The van der Waals surface area contributed by atoms with Gasteiger partial charge in [0, 0.05) is 23.0 Å². The van der Waals surface area contributed by atoms with Gasteiger partial charge in [0.2, 0.25) is 0 Å². The first kappa shape index (κ1) is 16.6. The van der Waals surface area contributed by atoms with E-state index in [1.165, 1.54) is 44.6 Å². The van der Waals surface area contributed by atoms with Crippen molar-refractivity contribution in [2.45, 2.75) is 34.6 Å². The minimum absolute atomic E-state index is 1.03. The van der Waals surface area contributed by atoms with Crippen molar-refractivity contribution in [3.05, 3.63) is 82.7 Å². The molecule has 130 valence electrons. The van der Waals surface area contributed by atoms with E-state index in [4.69, 9.17) is 4.98 Å². The van der Waals surface area contributed by atoms with Gasteiger partial charge in [-0.2, -0.15) is 0 Å². The highest BCUT2D eigenvalue weighted by Gasteiger charge is 2.17. The van der Waals surface area contributed by atoms with E-state index in [0.717, 1.165) is 11.3 Å². The monoisotopic (exact) mass is 340 g/mol. The number of imidazole rings is 1. The van der Waals surface area contributed by atoms with Crippen molar-refractivity contribution in [2.24, 2.45) is 0 Å². The zero-order valence-electron chi connectivity index (χ0n) is 16.1. The van der Waals surface area contributed by atoms with Crippen LogP contribution in [0.15, 0.2) is 54.7 Å². The molecule has 0 unspecified atom stereocenters. The summed E-state index contributed by atoms with van der Waals surface area (Å²) in [5.41, 5.74) is 12.1. The number of nitrogens with zero attached hydrogens (tertiary/aromatic N) is 2. The van der Waals surface area contributed by atoms with E-state index in [-0.39, 0.29) is 0 Å². The molecule has 0 saturated heterocycles. The second-order valence-corrected chi connectivity index (χ2v) is 7.25. The summed E-state index contributed by atoms with van der Waals surface area (Å²) in [6, 6.07) is 17.2. The van der Waals surface area contributed by atoms with Gasteiger partial charge in [-0.15, -0.1) is 0 Å². The Balaban J connectivity index is 2.08. The summed E-state index contributed by atoms with van der Waals surface area (Å²) < 4.78 is 2.23. The third kappa shape index (κ3) is 2.53. The van der Waals surface area contributed by atoms with E-state index >= 15 is 0 Å². The average Bonchev–Trinajstić information content (AvgIpc) is 3.03. The molecule has 0 fully saturated rings. The highest BCUT2D eigenvalue weighted by Crippen LogP contribution is 2.35. The van der Waals surface area contributed by atoms with Gasteiger partial charge in [-0.05, 0) is 68.5 Å². The molecule has 2 aromatic heterocycles. The van der Waals surface area contributed by atoms with Gasteiger partial charge in [0.15, 0.2) is 0 Å². The molecule has 0 radical (unpaired) electrons. The third-order valence-electron chi connectivity index (χ3n) is 5.28. The maximum atomic E-state index is 5.09. The Kier molecular flexibility index (Phi) is 3.91. The Bertz CT molecular complexity index is 1110. The van der Waals surface area contributed by atoms with Gasteiger partial charge >= 0.3 is 0 Å². The minimum atomic E-state index is 1.03. The summed E-state index contributed by atoms with van der Waals surface area (Å²) in [4.78, 5) is 5.09. The zero-order valence-corrected chi connectivity index (χ0v) is 16.1. The molecule has 4 aromatic rings. The van der Waals surface area contributed by atoms with Crippen LogP contribution in [0.3, 0.4) is 0 Å². The quantitative estimate of drug-likeness (QED) is 0.424. The van der Waals surface area contributed by atoms with E-state index in [1.807, 2.05) is 0 Å². The van der Waals surface area contributed by atoms with Crippen molar-refractivity contribution in [1.29, 1.82) is 0 Å². The van der Waals surface area contributed by atoms with E-state index in [9.17, 15) is 0 Å². The lowest BCUT2D eigenvalue weighted by Gasteiger charge is -2.15. The van der Waals surface area contributed by atoms with Gasteiger partial charge in [-0.25, -0.2) is 4.98 Å². The number of aryl methyl sites for hydroxylation is 5. The topological polar surface area (TPSA) is 17.3 Å². The Hall–Kier alpha value is -2.87. The highest BCUT2D eigenvalue weighted by atomic mass is 15.0. The summed E-state index contributed by atoms with van der Waals surface area (Å²) >= 11 is 0. The molecule has 0 amide bonds. The first-order valence-electron chi connectivity index (χ1n) is 9.09. The SMILES string of the molecule is Cc1ccccc1-c1cn2c(C)cc(C)c(-c3c(C)cccc3C)c2n1. The van der Waals surface area contributed by atoms with Gasteiger partial charge in [0.05, 0.1) is 5.69 Å². The van der Waals surface area contributed by atoms with E-state index in [0.29, 0.717) is 0 Å². The Morgan fingerprint density at radius 1 is 0.692 bits per heavy atom. The Labute approximate surface area is 155 Å². The number of fused-ring (bicyclic) bond motifs is 1. The second kappa shape index (κ2) is 6.14. The van der Waals surface area contributed by atoms with Crippen molar-refractivity contribution >= 4 is 5.65 Å².